The number of aromatic nitrogens is 1. The van der Waals surface area contributed by atoms with Crippen molar-refractivity contribution in [2.45, 2.75) is 39.0 Å². The van der Waals surface area contributed by atoms with Crippen LogP contribution in [0.3, 0.4) is 0 Å². The lowest BCUT2D eigenvalue weighted by atomic mass is 10.0. The molecule has 1 heterocycles. The van der Waals surface area contributed by atoms with Crippen LogP contribution in [0.25, 0.3) is 0 Å². The summed E-state index contributed by atoms with van der Waals surface area (Å²) >= 11 is 1.71. The lowest BCUT2D eigenvalue weighted by Gasteiger charge is -2.08. The Labute approximate surface area is 89.8 Å². The van der Waals surface area contributed by atoms with Gasteiger partial charge in [-0.3, -0.25) is 0 Å². The Morgan fingerprint density at radius 2 is 2.29 bits per heavy atom. The monoisotopic (exact) mass is 210 g/mol. The van der Waals surface area contributed by atoms with Crippen LogP contribution in [0.15, 0.2) is 5.38 Å². The van der Waals surface area contributed by atoms with Crippen LogP contribution in [0.4, 0.5) is 5.13 Å². The molecule has 0 atom stereocenters. The first kappa shape index (κ1) is 9.97. The molecule has 0 radical (unpaired) electrons. The Hall–Kier alpha value is -0.570. The fourth-order valence-corrected chi connectivity index (χ4v) is 2.83. The van der Waals surface area contributed by atoms with E-state index in [1.165, 1.54) is 32.1 Å². The van der Waals surface area contributed by atoms with Gasteiger partial charge in [0.25, 0.3) is 0 Å². The van der Waals surface area contributed by atoms with Crippen LogP contribution in [-0.4, -0.2) is 11.5 Å². The van der Waals surface area contributed by atoms with Crippen LogP contribution in [-0.2, 0) is 0 Å². The molecule has 3 heteroatoms. The van der Waals surface area contributed by atoms with Gasteiger partial charge in [0.1, 0.15) is 0 Å². The van der Waals surface area contributed by atoms with E-state index in [1.54, 1.807) is 11.3 Å². The van der Waals surface area contributed by atoms with Gasteiger partial charge in [-0.1, -0.05) is 25.7 Å². The first-order valence-corrected chi connectivity index (χ1v) is 6.38. The average Bonchev–Trinajstić information content (AvgIpc) is 2.77. The van der Waals surface area contributed by atoms with Gasteiger partial charge in [0.2, 0.25) is 0 Å². The number of nitrogens with zero attached hydrogens (tertiary/aromatic N) is 1. The fraction of sp³-hybridized carbons (Fsp3) is 0.727. The second kappa shape index (κ2) is 4.78. The van der Waals surface area contributed by atoms with Gasteiger partial charge in [0.05, 0.1) is 5.69 Å². The van der Waals surface area contributed by atoms with Crippen molar-refractivity contribution < 1.29 is 0 Å². The molecule has 1 aromatic rings. The molecule has 0 saturated heterocycles. The second-order valence-corrected chi connectivity index (χ2v) is 5.02. The van der Waals surface area contributed by atoms with Crippen molar-refractivity contribution in [3.05, 3.63) is 11.1 Å². The zero-order valence-electron chi connectivity index (χ0n) is 8.75. The highest BCUT2D eigenvalue weighted by Gasteiger charge is 2.14. The van der Waals surface area contributed by atoms with E-state index < -0.39 is 0 Å². The highest BCUT2D eigenvalue weighted by molar-refractivity contribution is 7.13. The fourth-order valence-electron chi connectivity index (χ4n) is 2.12. The summed E-state index contributed by atoms with van der Waals surface area (Å²) in [7, 11) is 0. The van der Waals surface area contributed by atoms with Gasteiger partial charge in [0.15, 0.2) is 5.13 Å². The molecule has 0 unspecified atom stereocenters. The summed E-state index contributed by atoms with van der Waals surface area (Å²) in [5.41, 5.74) is 1.12. The molecular formula is C11H18N2S. The Morgan fingerprint density at radius 1 is 1.50 bits per heavy atom. The van der Waals surface area contributed by atoms with Crippen LogP contribution in [0, 0.1) is 12.8 Å². The third kappa shape index (κ3) is 2.71. The SMILES string of the molecule is Cc1csc(NCCC2CCCC2)n1. The summed E-state index contributed by atoms with van der Waals surface area (Å²) in [4.78, 5) is 4.38. The number of rotatable bonds is 4. The van der Waals surface area contributed by atoms with Gasteiger partial charge >= 0.3 is 0 Å². The molecule has 0 aromatic carbocycles. The van der Waals surface area contributed by atoms with E-state index in [0.717, 1.165) is 23.3 Å². The van der Waals surface area contributed by atoms with Crippen LogP contribution >= 0.6 is 11.3 Å². The molecule has 0 bridgehead atoms. The van der Waals surface area contributed by atoms with Crippen molar-refractivity contribution in [2.75, 3.05) is 11.9 Å². The van der Waals surface area contributed by atoms with Crippen molar-refractivity contribution in [2.24, 2.45) is 5.92 Å². The van der Waals surface area contributed by atoms with E-state index in [1.807, 2.05) is 6.92 Å². The smallest absolute Gasteiger partial charge is 0.182 e. The maximum absolute atomic E-state index is 4.38. The molecule has 14 heavy (non-hydrogen) atoms. The molecule has 0 spiro atoms. The zero-order valence-corrected chi connectivity index (χ0v) is 9.57. The van der Waals surface area contributed by atoms with Crippen LogP contribution in [0.5, 0.6) is 0 Å². The average molecular weight is 210 g/mol. The standard InChI is InChI=1S/C11H18N2S/c1-9-8-14-11(13-9)12-7-6-10-4-2-3-5-10/h8,10H,2-7H2,1H3,(H,12,13). The quantitative estimate of drug-likeness (QED) is 0.823. The minimum absolute atomic E-state index is 0.976. The van der Waals surface area contributed by atoms with Crippen LogP contribution in [0.2, 0.25) is 0 Å². The lowest BCUT2D eigenvalue weighted by Crippen LogP contribution is -2.06. The Kier molecular flexibility index (Phi) is 3.40. The Balaban J connectivity index is 1.67. The largest absolute Gasteiger partial charge is 0.362 e. The summed E-state index contributed by atoms with van der Waals surface area (Å²) in [6.45, 7) is 3.14. The predicted molar refractivity (Wildman–Crippen MR) is 61.9 cm³/mol. The van der Waals surface area contributed by atoms with Gasteiger partial charge < -0.3 is 5.32 Å². The Morgan fingerprint density at radius 3 is 2.93 bits per heavy atom. The molecule has 1 saturated carbocycles. The first-order valence-electron chi connectivity index (χ1n) is 5.50. The minimum Gasteiger partial charge on any atom is -0.362 e. The predicted octanol–water partition coefficient (Wildman–Crippen LogP) is 3.44. The van der Waals surface area contributed by atoms with E-state index in [4.69, 9.17) is 0 Å². The highest BCUT2D eigenvalue weighted by Crippen LogP contribution is 2.27. The molecule has 1 N–H and O–H groups in total. The molecule has 2 nitrogen and oxygen atoms in total. The van der Waals surface area contributed by atoms with E-state index in [9.17, 15) is 0 Å². The number of aryl methyl sites for hydroxylation is 1. The summed E-state index contributed by atoms with van der Waals surface area (Å²) in [6.07, 6.45) is 7.10. The maximum atomic E-state index is 4.38. The summed E-state index contributed by atoms with van der Waals surface area (Å²) in [5.74, 6) is 0.976. The summed E-state index contributed by atoms with van der Waals surface area (Å²) in [6, 6.07) is 0. The molecule has 0 aliphatic heterocycles. The normalized spacial score (nSPS) is 17.5. The topological polar surface area (TPSA) is 24.9 Å². The molecule has 0 amide bonds. The van der Waals surface area contributed by atoms with Crippen molar-refractivity contribution in [3.63, 3.8) is 0 Å². The number of hydrogen-bond donors (Lipinski definition) is 1. The van der Waals surface area contributed by atoms with E-state index in [-0.39, 0.29) is 0 Å². The van der Waals surface area contributed by atoms with E-state index in [0.29, 0.717) is 0 Å². The van der Waals surface area contributed by atoms with Gasteiger partial charge in [-0.05, 0) is 19.3 Å². The zero-order chi connectivity index (χ0) is 9.80. The van der Waals surface area contributed by atoms with Crippen molar-refractivity contribution >= 4 is 16.5 Å². The second-order valence-electron chi connectivity index (χ2n) is 4.16. The molecule has 78 valence electrons. The van der Waals surface area contributed by atoms with E-state index in [2.05, 4.69) is 15.7 Å². The summed E-state index contributed by atoms with van der Waals surface area (Å²) < 4.78 is 0. The van der Waals surface area contributed by atoms with Crippen molar-refractivity contribution in [1.82, 2.24) is 4.98 Å². The third-order valence-electron chi connectivity index (χ3n) is 2.92. The van der Waals surface area contributed by atoms with Gasteiger partial charge in [-0.15, -0.1) is 11.3 Å². The van der Waals surface area contributed by atoms with Crippen LogP contribution in [0.1, 0.15) is 37.8 Å². The molecular weight excluding hydrogens is 192 g/mol. The van der Waals surface area contributed by atoms with Crippen LogP contribution < -0.4 is 5.32 Å². The maximum Gasteiger partial charge on any atom is 0.182 e. The lowest BCUT2D eigenvalue weighted by molar-refractivity contribution is 0.518. The minimum atomic E-state index is 0.976. The molecule has 1 aliphatic rings. The van der Waals surface area contributed by atoms with Crippen molar-refractivity contribution in [1.29, 1.82) is 0 Å². The van der Waals surface area contributed by atoms with Gasteiger partial charge in [-0.2, -0.15) is 0 Å². The molecule has 1 aromatic heterocycles. The van der Waals surface area contributed by atoms with E-state index >= 15 is 0 Å². The van der Waals surface area contributed by atoms with Gasteiger partial charge in [0, 0.05) is 11.9 Å². The number of anilines is 1. The molecule has 1 fully saturated rings. The number of nitrogens with one attached hydrogen (secondary N) is 1. The van der Waals surface area contributed by atoms with Crippen molar-refractivity contribution in [3.8, 4) is 0 Å². The van der Waals surface area contributed by atoms with Gasteiger partial charge in [-0.25, -0.2) is 4.98 Å². The number of thiazole rings is 1. The number of hydrogen-bond acceptors (Lipinski definition) is 3. The highest BCUT2D eigenvalue weighted by atomic mass is 32.1. The molecule has 1 aliphatic carbocycles. The Bertz CT molecular complexity index is 277. The molecule has 2 rings (SSSR count). The summed E-state index contributed by atoms with van der Waals surface area (Å²) in [5, 5.41) is 6.58. The third-order valence-corrected chi connectivity index (χ3v) is 3.84. The first-order chi connectivity index (χ1) is 6.84.